The van der Waals surface area contributed by atoms with Gasteiger partial charge in [0.15, 0.2) is 0 Å². The van der Waals surface area contributed by atoms with Crippen molar-refractivity contribution in [3.05, 3.63) is 0 Å². The van der Waals surface area contributed by atoms with Gasteiger partial charge in [0.05, 0.1) is 0 Å². The summed E-state index contributed by atoms with van der Waals surface area (Å²) in [5, 5.41) is 16.3. The number of carboxylic acid groups (broad SMARTS) is 2. The number of hydrogen-bond donors (Lipinski definition) is 3. The van der Waals surface area contributed by atoms with Crippen molar-refractivity contribution in [3.63, 3.8) is 0 Å². The molecule has 0 saturated carbocycles. The van der Waals surface area contributed by atoms with E-state index in [1.54, 1.807) is 0 Å². The number of carboxylic acids is 2. The minimum absolute atomic E-state index is 0. The number of carbonyl (C=O) groups is 2. The van der Waals surface area contributed by atoms with Crippen LogP contribution in [0, 0.1) is 0 Å². The topological polar surface area (TPSA) is 101 Å². The predicted octanol–water partition coefficient (Wildman–Crippen LogP) is -0.742. The van der Waals surface area contributed by atoms with Crippen molar-refractivity contribution in [3.8, 4) is 0 Å². The van der Waals surface area contributed by atoms with Crippen LogP contribution in [0.1, 0.15) is 12.8 Å². The molecule has 0 bridgehead atoms. The van der Waals surface area contributed by atoms with Crippen molar-refractivity contribution < 1.29 is 64.6 Å². The fourth-order valence-corrected chi connectivity index (χ4v) is 0.402. The summed E-state index contributed by atoms with van der Waals surface area (Å²) in [6.07, 6.45) is -0.224. The van der Waals surface area contributed by atoms with E-state index in [2.05, 4.69) is 0 Å². The summed E-state index contributed by atoms with van der Waals surface area (Å²) in [5.41, 5.74) is 5.00. The van der Waals surface area contributed by atoms with Crippen LogP contribution in [0.3, 0.4) is 0 Å². The van der Waals surface area contributed by atoms with E-state index in [0.29, 0.717) is 0 Å². The van der Waals surface area contributed by atoms with Gasteiger partial charge in [-0.1, -0.05) is 0 Å². The Balaban J connectivity index is -0.000000405. The van der Waals surface area contributed by atoms with E-state index in [1.807, 2.05) is 0 Å². The Labute approximate surface area is 101 Å². The Bertz CT molecular complexity index is 152. The summed E-state index contributed by atoms with van der Waals surface area (Å²) < 4.78 is 0. The van der Waals surface area contributed by atoms with E-state index in [4.69, 9.17) is 15.9 Å². The second kappa shape index (κ2) is 9.47. The maximum atomic E-state index is 9.99. The van der Waals surface area contributed by atoms with Crippen LogP contribution in [0.4, 0.5) is 0 Å². The van der Waals surface area contributed by atoms with Crippen LogP contribution in [0.15, 0.2) is 0 Å². The minimum Gasteiger partial charge on any atom is -0.481 e. The van der Waals surface area contributed by atoms with E-state index in [9.17, 15) is 9.59 Å². The van der Waals surface area contributed by atoms with Crippen molar-refractivity contribution in [1.29, 1.82) is 0 Å². The summed E-state index contributed by atoms with van der Waals surface area (Å²) in [7, 11) is 0. The molecule has 12 heavy (non-hydrogen) atoms. The molecule has 0 aliphatic heterocycles. The van der Waals surface area contributed by atoms with E-state index in [0.717, 1.165) is 0 Å². The average Bonchev–Trinajstić information content (AvgIpc) is 1.82. The zero-order valence-corrected chi connectivity index (χ0v) is 8.85. The molecule has 0 saturated heterocycles. The molecule has 0 spiro atoms. The minimum atomic E-state index is -1.17. The second-order valence-electron chi connectivity index (χ2n) is 1.88. The van der Waals surface area contributed by atoms with Gasteiger partial charge in [-0.25, -0.2) is 0 Å². The summed E-state index contributed by atoms with van der Waals surface area (Å²) >= 11 is 0. The Morgan fingerprint density at radius 2 is 1.67 bits per heavy atom. The van der Waals surface area contributed by atoms with E-state index in [-0.39, 0.29) is 57.6 Å². The Hall–Kier alpha value is 0.381. The summed E-state index contributed by atoms with van der Waals surface area (Å²) in [6, 6.07) is -1.06. The van der Waals surface area contributed by atoms with Gasteiger partial charge in [0.2, 0.25) is 0 Å². The molecular formula is C5H9Ag2NO4. The SMILES string of the molecule is N[C@@H](CCC(=O)O)C(=O)O.[Ag].[Ag]. The van der Waals surface area contributed by atoms with Crippen molar-refractivity contribution in [1.82, 2.24) is 0 Å². The molecule has 0 fully saturated rings. The molecular weight excluding hydrogens is 354 g/mol. The van der Waals surface area contributed by atoms with Gasteiger partial charge in [0, 0.05) is 51.2 Å². The number of hydrogen-bond acceptors (Lipinski definition) is 3. The quantitative estimate of drug-likeness (QED) is 0.572. The van der Waals surface area contributed by atoms with Gasteiger partial charge >= 0.3 is 11.9 Å². The molecule has 7 heteroatoms. The third kappa shape index (κ3) is 10.4. The number of rotatable bonds is 4. The maximum absolute atomic E-state index is 9.99. The molecule has 0 unspecified atom stereocenters. The van der Waals surface area contributed by atoms with E-state index < -0.39 is 18.0 Å². The zero-order chi connectivity index (χ0) is 8.15. The first kappa shape index (κ1) is 18.2. The molecule has 0 aliphatic rings. The first-order valence-corrected chi connectivity index (χ1v) is 2.74. The van der Waals surface area contributed by atoms with Crippen LogP contribution >= 0.6 is 0 Å². The van der Waals surface area contributed by atoms with Crippen LogP contribution < -0.4 is 5.73 Å². The molecule has 0 rings (SSSR count). The maximum Gasteiger partial charge on any atom is 0.320 e. The number of nitrogens with two attached hydrogens (primary N) is 1. The molecule has 4 N–H and O–H groups in total. The van der Waals surface area contributed by atoms with Gasteiger partial charge in [-0.05, 0) is 6.42 Å². The Kier molecular flexibility index (Phi) is 14.4. The van der Waals surface area contributed by atoms with Crippen LogP contribution in [-0.2, 0) is 54.3 Å². The van der Waals surface area contributed by atoms with Gasteiger partial charge in [0.1, 0.15) is 6.04 Å². The third-order valence-corrected chi connectivity index (χ3v) is 0.986. The predicted molar refractivity (Wildman–Crippen MR) is 32.5 cm³/mol. The monoisotopic (exact) mass is 361 g/mol. The number of aliphatic carboxylic acids is 2. The van der Waals surface area contributed by atoms with Gasteiger partial charge < -0.3 is 15.9 Å². The molecule has 80 valence electrons. The molecule has 0 aromatic rings. The molecule has 5 nitrogen and oxygen atoms in total. The molecule has 1 atom stereocenters. The van der Waals surface area contributed by atoms with Crippen molar-refractivity contribution in [2.45, 2.75) is 18.9 Å². The molecule has 0 amide bonds. The molecule has 2 radical (unpaired) electrons. The van der Waals surface area contributed by atoms with Crippen LogP contribution in [0.2, 0.25) is 0 Å². The molecule has 0 aromatic heterocycles. The summed E-state index contributed by atoms with van der Waals surface area (Å²) in [4.78, 5) is 19.9. The van der Waals surface area contributed by atoms with Gasteiger partial charge in [-0.2, -0.15) is 0 Å². The molecule has 0 aliphatic carbocycles. The largest absolute Gasteiger partial charge is 0.481 e. The van der Waals surface area contributed by atoms with Gasteiger partial charge in [0.25, 0.3) is 0 Å². The van der Waals surface area contributed by atoms with Crippen molar-refractivity contribution in [2.75, 3.05) is 0 Å². The van der Waals surface area contributed by atoms with Gasteiger partial charge in [-0.3, -0.25) is 9.59 Å². The second-order valence-corrected chi connectivity index (χ2v) is 1.88. The zero-order valence-electron chi connectivity index (χ0n) is 5.88. The Morgan fingerprint density at radius 1 is 1.25 bits per heavy atom. The smallest absolute Gasteiger partial charge is 0.320 e. The van der Waals surface area contributed by atoms with Crippen LogP contribution in [-0.4, -0.2) is 28.2 Å². The van der Waals surface area contributed by atoms with Gasteiger partial charge in [-0.15, -0.1) is 0 Å². The van der Waals surface area contributed by atoms with Crippen molar-refractivity contribution >= 4 is 11.9 Å². The summed E-state index contributed by atoms with van der Waals surface area (Å²) in [6.45, 7) is 0. The molecule has 0 heterocycles. The van der Waals surface area contributed by atoms with E-state index in [1.165, 1.54) is 0 Å². The Morgan fingerprint density at radius 3 is 1.92 bits per heavy atom. The summed E-state index contributed by atoms with van der Waals surface area (Å²) in [5.74, 6) is -2.20. The first-order valence-electron chi connectivity index (χ1n) is 2.74. The normalized spacial score (nSPS) is 10.4. The third-order valence-electron chi connectivity index (χ3n) is 0.986. The van der Waals surface area contributed by atoms with Crippen LogP contribution in [0.25, 0.3) is 0 Å². The van der Waals surface area contributed by atoms with E-state index >= 15 is 0 Å². The fourth-order valence-electron chi connectivity index (χ4n) is 0.402. The average molecular weight is 363 g/mol. The standard InChI is InChI=1S/C5H9NO4.2Ag/c6-3(5(9)10)1-2-4(7)8;;/h3H,1-2,6H2,(H,7,8)(H,9,10);;/t3-;;/m0../s1. The molecule has 0 aromatic carbocycles. The van der Waals surface area contributed by atoms with Crippen LogP contribution in [0.5, 0.6) is 0 Å². The van der Waals surface area contributed by atoms with Crippen molar-refractivity contribution in [2.24, 2.45) is 5.73 Å². The first-order chi connectivity index (χ1) is 4.54. The fraction of sp³-hybridized carbons (Fsp3) is 0.600.